The normalized spacial score (nSPS) is 9.76. The van der Waals surface area contributed by atoms with Crippen LogP contribution in [0.25, 0.3) is 0 Å². The average Bonchev–Trinajstić information content (AvgIpc) is 2.37. The fourth-order valence-electron chi connectivity index (χ4n) is 1.55. The molecule has 1 aromatic rings. The van der Waals surface area contributed by atoms with Crippen LogP contribution >= 0.6 is 11.8 Å². The molecule has 0 saturated heterocycles. The maximum absolute atomic E-state index is 5.40. The second-order valence-electron chi connectivity index (χ2n) is 3.92. The lowest BCUT2D eigenvalue weighted by molar-refractivity contribution is 0.778. The van der Waals surface area contributed by atoms with Gasteiger partial charge in [0.1, 0.15) is 0 Å². The van der Waals surface area contributed by atoms with Crippen LogP contribution in [0.3, 0.4) is 0 Å². The van der Waals surface area contributed by atoms with Gasteiger partial charge in [0.25, 0.3) is 0 Å². The lowest BCUT2D eigenvalue weighted by Crippen LogP contribution is -1.94. The van der Waals surface area contributed by atoms with Gasteiger partial charge in [0, 0.05) is 11.3 Å². The standard InChI is InChI=1S/C15H21NS/c1-2-3-6-12-17-13-15-9-5-4-8-14(15)10-7-11-16/h4-5,8-9H,2-3,6,11-13,16H2,1H3. The van der Waals surface area contributed by atoms with E-state index >= 15 is 0 Å². The fourth-order valence-corrected chi connectivity index (χ4v) is 2.57. The third-order valence-corrected chi connectivity index (χ3v) is 3.58. The SMILES string of the molecule is CCCCCSCc1ccccc1C#CCN. The second-order valence-corrected chi connectivity index (χ2v) is 5.03. The molecule has 0 aliphatic rings. The Bertz CT molecular complexity index is 376. The maximum Gasteiger partial charge on any atom is 0.0555 e. The van der Waals surface area contributed by atoms with Gasteiger partial charge in [-0.1, -0.05) is 49.8 Å². The molecule has 17 heavy (non-hydrogen) atoms. The van der Waals surface area contributed by atoms with Crippen LogP contribution in [-0.4, -0.2) is 12.3 Å². The first-order valence-corrected chi connectivity index (χ1v) is 7.38. The summed E-state index contributed by atoms with van der Waals surface area (Å²) in [5.41, 5.74) is 7.86. The van der Waals surface area contributed by atoms with Gasteiger partial charge in [0.2, 0.25) is 0 Å². The number of unbranched alkanes of at least 4 members (excludes halogenated alkanes) is 2. The minimum atomic E-state index is 0.429. The Morgan fingerprint density at radius 1 is 1.24 bits per heavy atom. The van der Waals surface area contributed by atoms with Crippen LogP contribution in [0.15, 0.2) is 24.3 Å². The first kappa shape index (κ1) is 14.2. The monoisotopic (exact) mass is 247 g/mol. The molecule has 1 rings (SSSR count). The van der Waals surface area contributed by atoms with E-state index in [9.17, 15) is 0 Å². The van der Waals surface area contributed by atoms with E-state index in [0.29, 0.717) is 6.54 Å². The number of rotatable bonds is 6. The summed E-state index contributed by atoms with van der Waals surface area (Å²) in [5.74, 6) is 8.36. The Hall–Kier alpha value is -0.910. The smallest absolute Gasteiger partial charge is 0.0555 e. The van der Waals surface area contributed by atoms with E-state index in [1.165, 1.54) is 30.6 Å². The first-order valence-electron chi connectivity index (χ1n) is 6.23. The Labute approximate surface area is 109 Å². The lowest BCUT2D eigenvalue weighted by Gasteiger charge is -2.04. The van der Waals surface area contributed by atoms with Gasteiger partial charge < -0.3 is 5.73 Å². The van der Waals surface area contributed by atoms with Crippen molar-refractivity contribution in [3.63, 3.8) is 0 Å². The summed E-state index contributed by atoms with van der Waals surface area (Å²) in [6.45, 7) is 2.67. The van der Waals surface area contributed by atoms with Gasteiger partial charge in [-0.05, 0) is 23.8 Å². The van der Waals surface area contributed by atoms with Crippen molar-refractivity contribution >= 4 is 11.8 Å². The molecule has 0 spiro atoms. The molecule has 1 aromatic carbocycles. The molecular weight excluding hydrogens is 226 g/mol. The van der Waals surface area contributed by atoms with Crippen molar-refractivity contribution in [2.75, 3.05) is 12.3 Å². The highest BCUT2D eigenvalue weighted by Crippen LogP contribution is 2.17. The number of nitrogens with two attached hydrogens (primary N) is 1. The van der Waals surface area contributed by atoms with Gasteiger partial charge in [-0.3, -0.25) is 0 Å². The van der Waals surface area contributed by atoms with Crippen molar-refractivity contribution in [1.29, 1.82) is 0 Å². The summed E-state index contributed by atoms with van der Waals surface area (Å²) >= 11 is 1.99. The third-order valence-electron chi connectivity index (χ3n) is 2.49. The average molecular weight is 247 g/mol. The Balaban J connectivity index is 2.46. The molecule has 0 aliphatic heterocycles. The Morgan fingerprint density at radius 3 is 2.82 bits per heavy atom. The van der Waals surface area contributed by atoms with Gasteiger partial charge in [0.15, 0.2) is 0 Å². The molecule has 92 valence electrons. The van der Waals surface area contributed by atoms with Crippen LogP contribution in [-0.2, 0) is 5.75 Å². The van der Waals surface area contributed by atoms with E-state index in [1.807, 2.05) is 17.8 Å². The number of hydrogen-bond donors (Lipinski definition) is 1. The van der Waals surface area contributed by atoms with Crippen LogP contribution in [0.5, 0.6) is 0 Å². The summed E-state index contributed by atoms with van der Waals surface area (Å²) in [6, 6.07) is 8.35. The zero-order valence-corrected chi connectivity index (χ0v) is 11.4. The second kappa shape index (κ2) is 9.15. The molecule has 1 nitrogen and oxygen atoms in total. The molecule has 0 radical (unpaired) electrons. The van der Waals surface area contributed by atoms with Crippen molar-refractivity contribution in [3.05, 3.63) is 35.4 Å². The quantitative estimate of drug-likeness (QED) is 0.616. The van der Waals surface area contributed by atoms with E-state index in [2.05, 4.69) is 37.0 Å². The number of benzene rings is 1. The van der Waals surface area contributed by atoms with Crippen LogP contribution in [0, 0.1) is 11.8 Å². The molecule has 0 aliphatic carbocycles. The van der Waals surface area contributed by atoms with Crippen molar-refractivity contribution in [2.45, 2.75) is 31.9 Å². The summed E-state index contributed by atoms with van der Waals surface area (Å²) in [6.07, 6.45) is 3.94. The predicted octanol–water partition coefficient (Wildman–Crippen LogP) is 3.42. The molecule has 0 heterocycles. The lowest BCUT2D eigenvalue weighted by atomic mass is 10.1. The highest BCUT2D eigenvalue weighted by Gasteiger charge is 1.98. The van der Waals surface area contributed by atoms with E-state index in [0.717, 1.165) is 11.3 Å². The molecule has 2 N–H and O–H groups in total. The summed E-state index contributed by atoms with van der Waals surface area (Å²) in [5, 5.41) is 0. The molecule has 2 heteroatoms. The summed E-state index contributed by atoms with van der Waals surface area (Å²) in [7, 11) is 0. The molecule has 0 saturated carbocycles. The minimum absolute atomic E-state index is 0.429. The molecular formula is C15H21NS. The summed E-state index contributed by atoms with van der Waals surface area (Å²) in [4.78, 5) is 0. The van der Waals surface area contributed by atoms with Crippen molar-refractivity contribution < 1.29 is 0 Å². The van der Waals surface area contributed by atoms with Crippen molar-refractivity contribution in [3.8, 4) is 11.8 Å². The van der Waals surface area contributed by atoms with Crippen LogP contribution in [0.4, 0.5) is 0 Å². The summed E-state index contributed by atoms with van der Waals surface area (Å²) < 4.78 is 0. The van der Waals surface area contributed by atoms with Gasteiger partial charge in [-0.15, -0.1) is 0 Å². The molecule has 0 amide bonds. The van der Waals surface area contributed by atoms with Crippen LogP contribution < -0.4 is 5.73 Å². The maximum atomic E-state index is 5.40. The van der Waals surface area contributed by atoms with E-state index < -0.39 is 0 Å². The topological polar surface area (TPSA) is 26.0 Å². The van der Waals surface area contributed by atoms with E-state index in [4.69, 9.17) is 5.73 Å². The molecule has 0 atom stereocenters. The number of thioether (sulfide) groups is 1. The van der Waals surface area contributed by atoms with Crippen LogP contribution in [0.2, 0.25) is 0 Å². The first-order chi connectivity index (χ1) is 8.38. The fraction of sp³-hybridized carbons (Fsp3) is 0.467. The van der Waals surface area contributed by atoms with Gasteiger partial charge in [-0.2, -0.15) is 11.8 Å². The molecule has 0 unspecified atom stereocenters. The largest absolute Gasteiger partial charge is 0.320 e. The van der Waals surface area contributed by atoms with Crippen molar-refractivity contribution in [1.82, 2.24) is 0 Å². The highest BCUT2D eigenvalue weighted by molar-refractivity contribution is 7.98. The molecule has 0 aromatic heterocycles. The molecule has 0 fully saturated rings. The van der Waals surface area contributed by atoms with Crippen molar-refractivity contribution in [2.24, 2.45) is 5.73 Å². The minimum Gasteiger partial charge on any atom is -0.320 e. The van der Waals surface area contributed by atoms with Crippen LogP contribution in [0.1, 0.15) is 37.3 Å². The highest BCUT2D eigenvalue weighted by atomic mass is 32.2. The predicted molar refractivity (Wildman–Crippen MR) is 78.1 cm³/mol. The Morgan fingerprint density at radius 2 is 2.06 bits per heavy atom. The zero-order valence-electron chi connectivity index (χ0n) is 10.5. The zero-order chi connectivity index (χ0) is 12.3. The van der Waals surface area contributed by atoms with Gasteiger partial charge >= 0.3 is 0 Å². The van der Waals surface area contributed by atoms with E-state index in [1.54, 1.807) is 0 Å². The Kier molecular flexibility index (Phi) is 7.62. The molecule has 0 bridgehead atoms. The van der Waals surface area contributed by atoms with Gasteiger partial charge in [-0.25, -0.2) is 0 Å². The third kappa shape index (κ3) is 5.81. The van der Waals surface area contributed by atoms with E-state index in [-0.39, 0.29) is 0 Å². The number of hydrogen-bond acceptors (Lipinski definition) is 2. The van der Waals surface area contributed by atoms with Gasteiger partial charge in [0.05, 0.1) is 6.54 Å².